The Bertz CT molecular complexity index is 515. The first-order chi connectivity index (χ1) is 9.65. The minimum atomic E-state index is -0.0404. The first kappa shape index (κ1) is 13.9. The van der Waals surface area contributed by atoms with Crippen LogP contribution in [0.5, 0.6) is 0 Å². The molecule has 2 unspecified atom stereocenters. The molecule has 1 aromatic carbocycles. The molecular formula is C15H19BrN2O2. The van der Waals surface area contributed by atoms with Crippen LogP contribution in [0.2, 0.25) is 0 Å². The van der Waals surface area contributed by atoms with E-state index in [-0.39, 0.29) is 6.03 Å². The fourth-order valence-electron chi connectivity index (χ4n) is 2.84. The molecule has 1 saturated heterocycles. The van der Waals surface area contributed by atoms with Crippen LogP contribution in [0.15, 0.2) is 18.2 Å². The lowest BCUT2D eigenvalue weighted by Gasteiger charge is -2.29. The van der Waals surface area contributed by atoms with Gasteiger partial charge < -0.3 is 15.0 Å². The zero-order valence-electron chi connectivity index (χ0n) is 11.6. The molecule has 4 nitrogen and oxygen atoms in total. The first-order valence-corrected chi connectivity index (χ1v) is 7.93. The number of fused-ring (bicyclic) bond motifs is 1. The van der Waals surface area contributed by atoms with E-state index in [1.54, 1.807) is 4.90 Å². The average molecular weight is 339 g/mol. The summed E-state index contributed by atoms with van der Waals surface area (Å²) in [4.78, 5) is 13.6. The summed E-state index contributed by atoms with van der Waals surface area (Å²) in [6.45, 7) is 2.37. The maximum Gasteiger partial charge on any atom is 0.321 e. The van der Waals surface area contributed by atoms with Gasteiger partial charge in [0.15, 0.2) is 0 Å². The van der Waals surface area contributed by atoms with Crippen LogP contribution in [0.3, 0.4) is 0 Å². The molecule has 0 aromatic heterocycles. The largest absolute Gasteiger partial charge is 0.381 e. The maximum absolute atomic E-state index is 11.6. The molecule has 2 atom stereocenters. The van der Waals surface area contributed by atoms with Gasteiger partial charge in [-0.05, 0) is 36.0 Å². The molecule has 0 radical (unpaired) electrons. The van der Waals surface area contributed by atoms with Crippen LogP contribution in [-0.2, 0) is 11.3 Å². The second kappa shape index (κ2) is 5.74. The van der Waals surface area contributed by atoms with Gasteiger partial charge in [0.25, 0.3) is 0 Å². The Labute approximate surface area is 127 Å². The van der Waals surface area contributed by atoms with Crippen molar-refractivity contribution < 1.29 is 9.53 Å². The van der Waals surface area contributed by atoms with Gasteiger partial charge in [0, 0.05) is 30.7 Å². The zero-order chi connectivity index (χ0) is 14.1. The molecule has 2 aliphatic rings. The number of benzene rings is 1. The lowest BCUT2D eigenvalue weighted by atomic mass is 9.92. The summed E-state index contributed by atoms with van der Waals surface area (Å²) < 4.78 is 5.57. The van der Waals surface area contributed by atoms with E-state index in [0.29, 0.717) is 17.3 Å². The highest BCUT2D eigenvalue weighted by molar-refractivity contribution is 9.09. The molecule has 2 heterocycles. The minimum Gasteiger partial charge on any atom is -0.381 e. The van der Waals surface area contributed by atoms with Crippen LogP contribution >= 0.6 is 15.9 Å². The normalized spacial score (nSPS) is 24.0. The summed E-state index contributed by atoms with van der Waals surface area (Å²) in [5, 5.41) is 2.90. The summed E-state index contributed by atoms with van der Waals surface area (Å²) in [6, 6.07) is 6.26. The van der Waals surface area contributed by atoms with E-state index in [9.17, 15) is 4.79 Å². The Morgan fingerprint density at radius 1 is 1.50 bits per heavy atom. The highest BCUT2D eigenvalue weighted by Crippen LogP contribution is 2.37. The maximum atomic E-state index is 11.6. The van der Waals surface area contributed by atoms with Crippen molar-refractivity contribution in [3.63, 3.8) is 0 Å². The number of carbonyl (C=O) groups excluding carboxylic acids is 1. The molecule has 1 N–H and O–H groups in total. The van der Waals surface area contributed by atoms with Gasteiger partial charge in [-0.15, -0.1) is 0 Å². The third-order valence-electron chi connectivity index (χ3n) is 4.05. The lowest BCUT2D eigenvalue weighted by molar-refractivity contribution is 0.0546. The molecule has 1 aromatic rings. The number of urea groups is 1. The number of rotatable bonds is 2. The number of nitrogens with one attached hydrogen (secondary N) is 1. The van der Waals surface area contributed by atoms with Crippen molar-refractivity contribution in [3.8, 4) is 0 Å². The van der Waals surface area contributed by atoms with Gasteiger partial charge in [-0.25, -0.2) is 4.79 Å². The minimum absolute atomic E-state index is 0.0404. The SMILES string of the molecule is CN1Cc2cc(C(Br)C3CCCOC3)ccc2NC1=O. The zero-order valence-corrected chi connectivity index (χ0v) is 13.1. The third-order valence-corrected chi connectivity index (χ3v) is 5.33. The number of anilines is 1. The smallest absolute Gasteiger partial charge is 0.321 e. The molecule has 1 fully saturated rings. The van der Waals surface area contributed by atoms with Crippen LogP contribution in [0.4, 0.5) is 10.5 Å². The Kier molecular flexibility index (Phi) is 3.98. The molecule has 3 rings (SSSR count). The van der Waals surface area contributed by atoms with Crippen molar-refractivity contribution in [2.45, 2.75) is 24.2 Å². The number of ether oxygens (including phenoxy) is 1. The molecule has 20 heavy (non-hydrogen) atoms. The lowest BCUT2D eigenvalue weighted by Crippen LogP contribution is -2.35. The molecule has 0 spiro atoms. The standard InChI is InChI=1S/C15H19BrN2O2/c1-18-8-12-7-10(4-5-13(12)17-15(18)19)14(16)11-3-2-6-20-9-11/h4-5,7,11,14H,2-3,6,8-9H2,1H3,(H,17,19). The first-order valence-electron chi connectivity index (χ1n) is 7.02. The van der Waals surface area contributed by atoms with Crippen LogP contribution in [0.25, 0.3) is 0 Å². The molecule has 0 bridgehead atoms. The number of hydrogen-bond donors (Lipinski definition) is 1. The van der Waals surface area contributed by atoms with Gasteiger partial charge in [0.05, 0.1) is 6.61 Å². The quantitative estimate of drug-likeness (QED) is 0.838. The van der Waals surface area contributed by atoms with Gasteiger partial charge in [0.1, 0.15) is 0 Å². The van der Waals surface area contributed by atoms with Gasteiger partial charge >= 0.3 is 6.03 Å². The Balaban J connectivity index is 1.81. The highest BCUT2D eigenvalue weighted by atomic mass is 79.9. The van der Waals surface area contributed by atoms with E-state index < -0.39 is 0 Å². The molecule has 0 aliphatic carbocycles. The average Bonchev–Trinajstić information content (AvgIpc) is 2.48. The number of nitrogens with zero attached hydrogens (tertiary/aromatic N) is 1. The summed E-state index contributed by atoms with van der Waals surface area (Å²) in [5.41, 5.74) is 3.37. The van der Waals surface area contributed by atoms with Crippen LogP contribution in [0.1, 0.15) is 28.8 Å². The fraction of sp³-hybridized carbons (Fsp3) is 0.533. The second-order valence-electron chi connectivity index (χ2n) is 5.58. The number of alkyl halides is 1. The molecule has 108 valence electrons. The van der Waals surface area contributed by atoms with Gasteiger partial charge in [-0.2, -0.15) is 0 Å². The topological polar surface area (TPSA) is 41.6 Å². The van der Waals surface area contributed by atoms with Crippen molar-refractivity contribution in [1.82, 2.24) is 4.90 Å². The van der Waals surface area contributed by atoms with E-state index in [1.807, 2.05) is 13.1 Å². The van der Waals surface area contributed by atoms with Crippen LogP contribution in [0, 0.1) is 5.92 Å². The monoisotopic (exact) mass is 338 g/mol. The Hall–Kier alpha value is -1.07. The fourth-order valence-corrected chi connectivity index (χ4v) is 3.55. The van der Waals surface area contributed by atoms with E-state index in [4.69, 9.17) is 4.74 Å². The van der Waals surface area contributed by atoms with Crippen molar-refractivity contribution in [1.29, 1.82) is 0 Å². The van der Waals surface area contributed by atoms with Crippen molar-refractivity contribution in [2.24, 2.45) is 5.92 Å². The molecule has 5 heteroatoms. The predicted octanol–water partition coefficient (Wildman–Crippen LogP) is 3.53. The molecule has 2 aliphatic heterocycles. The Morgan fingerprint density at radius 3 is 3.10 bits per heavy atom. The van der Waals surface area contributed by atoms with E-state index in [1.165, 1.54) is 17.5 Å². The summed E-state index contributed by atoms with van der Waals surface area (Å²) >= 11 is 3.82. The van der Waals surface area contributed by atoms with Crippen LogP contribution in [-0.4, -0.2) is 31.2 Å². The number of carbonyl (C=O) groups is 1. The second-order valence-corrected chi connectivity index (χ2v) is 6.57. The van der Waals surface area contributed by atoms with Gasteiger partial charge in [-0.1, -0.05) is 28.1 Å². The predicted molar refractivity (Wildman–Crippen MR) is 82.1 cm³/mol. The number of hydrogen-bond acceptors (Lipinski definition) is 2. The van der Waals surface area contributed by atoms with Gasteiger partial charge in [0.2, 0.25) is 0 Å². The van der Waals surface area contributed by atoms with Crippen molar-refractivity contribution in [2.75, 3.05) is 25.6 Å². The molecule has 0 saturated carbocycles. The summed E-state index contributed by atoms with van der Waals surface area (Å²) in [7, 11) is 1.81. The van der Waals surface area contributed by atoms with Crippen molar-refractivity contribution >= 4 is 27.6 Å². The van der Waals surface area contributed by atoms with Crippen molar-refractivity contribution in [3.05, 3.63) is 29.3 Å². The Morgan fingerprint density at radius 2 is 2.35 bits per heavy atom. The third kappa shape index (κ3) is 2.69. The van der Waals surface area contributed by atoms with Crippen LogP contribution < -0.4 is 5.32 Å². The summed E-state index contributed by atoms with van der Waals surface area (Å²) in [5.74, 6) is 0.526. The molecular weight excluding hydrogens is 320 g/mol. The summed E-state index contributed by atoms with van der Waals surface area (Å²) in [6.07, 6.45) is 2.33. The number of amides is 2. The van der Waals surface area contributed by atoms with Gasteiger partial charge in [-0.3, -0.25) is 0 Å². The van der Waals surface area contributed by atoms with E-state index in [2.05, 4.69) is 33.4 Å². The van der Waals surface area contributed by atoms with E-state index in [0.717, 1.165) is 25.3 Å². The number of halogens is 1. The highest BCUT2D eigenvalue weighted by Gasteiger charge is 2.25. The molecule has 2 amide bonds. The van der Waals surface area contributed by atoms with E-state index >= 15 is 0 Å².